The van der Waals surface area contributed by atoms with Gasteiger partial charge < -0.3 is 4.74 Å². The van der Waals surface area contributed by atoms with E-state index < -0.39 is 12.1 Å². The molecule has 0 bridgehead atoms. The van der Waals surface area contributed by atoms with Crippen LogP contribution in [-0.4, -0.2) is 33.7 Å². The number of thioether (sulfide) groups is 1. The largest absolute Gasteiger partial charge is 0.450 e. The summed E-state index contributed by atoms with van der Waals surface area (Å²) in [6.45, 7) is 1.53. The van der Waals surface area contributed by atoms with Gasteiger partial charge in [0.05, 0.1) is 6.20 Å². The predicted octanol–water partition coefficient (Wildman–Crippen LogP) is 4.16. The minimum absolute atomic E-state index is 0.165. The highest BCUT2D eigenvalue weighted by Gasteiger charge is 2.24. The zero-order chi connectivity index (χ0) is 19.4. The Bertz CT molecular complexity index is 955. The second kappa shape index (κ2) is 8.18. The van der Waals surface area contributed by atoms with Gasteiger partial charge in [-0.1, -0.05) is 42.1 Å². The topological polar surface area (TPSA) is 61.2 Å². The number of carbonyl (C=O) groups excluding carboxylic acids is 2. The Balaban J connectivity index is 1.86. The van der Waals surface area contributed by atoms with Crippen LogP contribution in [0.3, 0.4) is 0 Å². The van der Waals surface area contributed by atoms with Gasteiger partial charge in [-0.2, -0.15) is 0 Å². The van der Waals surface area contributed by atoms with Crippen LogP contribution >= 0.6 is 11.8 Å². The van der Waals surface area contributed by atoms with Gasteiger partial charge >= 0.3 is 5.97 Å². The molecule has 5 nitrogen and oxygen atoms in total. The summed E-state index contributed by atoms with van der Waals surface area (Å²) in [5.74, 6) is -1.35. The van der Waals surface area contributed by atoms with Crippen LogP contribution in [0.4, 0.5) is 4.39 Å². The number of Topliss-reactive ketones (excluding diaryl/α,β-unsaturated/α-hetero) is 1. The van der Waals surface area contributed by atoms with E-state index in [1.54, 1.807) is 47.0 Å². The van der Waals surface area contributed by atoms with E-state index in [-0.39, 0.29) is 17.3 Å². The standard InChI is InChI=1S/C20H17FN2O3S/c1-13(18(24)14-6-4-3-5-7-14)26-19(25)17-12-22-20(27-2)23(17)16-10-8-15(21)9-11-16/h3-13H,1-2H3. The first-order valence-electron chi connectivity index (χ1n) is 8.19. The van der Waals surface area contributed by atoms with Crippen LogP contribution in [0.25, 0.3) is 5.69 Å². The fourth-order valence-corrected chi connectivity index (χ4v) is 3.12. The number of halogens is 1. The summed E-state index contributed by atoms with van der Waals surface area (Å²) in [5, 5.41) is 0.551. The van der Waals surface area contributed by atoms with Gasteiger partial charge in [-0.15, -0.1) is 0 Å². The first-order chi connectivity index (χ1) is 13.0. The highest BCUT2D eigenvalue weighted by molar-refractivity contribution is 7.98. The maximum atomic E-state index is 13.2. The molecule has 0 saturated carbocycles. The van der Waals surface area contributed by atoms with E-state index in [0.29, 0.717) is 16.4 Å². The smallest absolute Gasteiger partial charge is 0.357 e. The normalized spacial score (nSPS) is 11.8. The number of rotatable bonds is 6. The number of esters is 1. The molecule has 3 rings (SSSR count). The summed E-state index contributed by atoms with van der Waals surface area (Å²) in [6, 6.07) is 14.3. The SMILES string of the molecule is CSc1ncc(C(=O)OC(C)C(=O)c2ccccc2)n1-c1ccc(F)cc1. The van der Waals surface area contributed by atoms with Gasteiger partial charge in [0, 0.05) is 11.3 Å². The maximum Gasteiger partial charge on any atom is 0.357 e. The van der Waals surface area contributed by atoms with E-state index in [9.17, 15) is 14.0 Å². The number of hydrogen-bond donors (Lipinski definition) is 0. The lowest BCUT2D eigenvalue weighted by molar-refractivity contribution is 0.0310. The van der Waals surface area contributed by atoms with E-state index in [1.807, 2.05) is 6.26 Å². The Morgan fingerprint density at radius 3 is 2.41 bits per heavy atom. The molecule has 0 N–H and O–H groups in total. The lowest BCUT2D eigenvalue weighted by atomic mass is 10.1. The average molecular weight is 384 g/mol. The van der Waals surface area contributed by atoms with E-state index in [0.717, 1.165) is 0 Å². The minimum atomic E-state index is -0.950. The van der Waals surface area contributed by atoms with E-state index in [4.69, 9.17) is 4.74 Å². The van der Waals surface area contributed by atoms with Gasteiger partial charge in [0.2, 0.25) is 5.78 Å². The molecule has 0 saturated heterocycles. The quantitative estimate of drug-likeness (QED) is 0.363. The van der Waals surface area contributed by atoms with Crippen LogP contribution in [0.2, 0.25) is 0 Å². The molecular weight excluding hydrogens is 367 g/mol. The molecule has 1 heterocycles. The second-order valence-electron chi connectivity index (χ2n) is 5.72. The van der Waals surface area contributed by atoms with Gasteiger partial charge in [-0.25, -0.2) is 14.2 Å². The molecule has 27 heavy (non-hydrogen) atoms. The molecule has 0 spiro atoms. The monoisotopic (exact) mass is 384 g/mol. The van der Waals surface area contributed by atoms with Crippen LogP contribution in [-0.2, 0) is 4.74 Å². The van der Waals surface area contributed by atoms with Crippen molar-refractivity contribution in [1.82, 2.24) is 9.55 Å². The number of ketones is 1. The maximum absolute atomic E-state index is 13.2. The second-order valence-corrected chi connectivity index (χ2v) is 6.49. The number of ether oxygens (including phenoxy) is 1. The lowest BCUT2D eigenvalue weighted by Crippen LogP contribution is -2.25. The molecule has 1 aromatic heterocycles. The van der Waals surface area contributed by atoms with Crippen molar-refractivity contribution in [3.63, 3.8) is 0 Å². The molecule has 0 aliphatic rings. The van der Waals surface area contributed by atoms with Crippen molar-refractivity contribution in [2.45, 2.75) is 18.2 Å². The van der Waals surface area contributed by atoms with Crippen LogP contribution in [0.1, 0.15) is 27.8 Å². The van der Waals surface area contributed by atoms with Gasteiger partial charge in [0.1, 0.15) is 5.82 Å². The van der Waals surface area contributed by atoms with Gasteiger partial charge in [-0.3, -0.25) is 9.36 Å². The van der Waals surface area contributed by atoms with Gasteiger partial charge in [0.15, 0.2) is 17.0 Å². The molecular formula is C20H17FN2O3S. The van der Waals surface area contributed by atoms with Crippen molar-refractivity contribution < 1.29 is 18.7 Å². The van der Waals surface area contributed by atoms with Crippen LogP contribution in [0, 0.1) is 5.82 Å². The number of benzene rings is 2. The summed E-state index contributed by atoms with van der Waals surface area (Å²) in [6.07, 6.45) is 2.25. The molecule has 3 aromatic rings. The third kappa shape index (κ3) is 4.09. The first kappa shape index (κ1) is 18.8. The van der Waals surface area contributed by atoms with Gasteiger partial charge in [0.25, 0.3) is 0 Å². The van der Waals surface area contributed by atoms with E-state index in [1.165, 1.54) is 37.0 Å². The number of hydrogen-bond acceptors (Lipinski definition) is 5. The summed E-state index contributed by atoms with van der Waals surface area (Å²) in [4.78, 5) is 29.3. The van der Waals surface area contributed by atoms with Crippen LogP contribution in [0.5, 0.6) is 0 Å². The molecule has 0 aliphatic heterocycles. The van der Waals surface area contributed by atoms with Gasteiger partial charge in [-0.05, 0) is 37.4 Å². The molecule has 0 radical (unpaired) electrons. The molecule has 138 valence electrons. The number of aromatic nitrogens is 2. The zero-order valence-corrected chi connectivity index (χ0v) is 15.6. The Morgan fingerprint density at radius 1 is 1.11 bits per heavy atom. The first-order valence-corrected chi connectivity index (χ1v) is 9.41. The van der Waals surface area contributed by atoms with Crippen molar-refractivity contribution in [3.8, 4) is 5.69 Å². The molecule has 0 fully saturated rings. The highest BCUT2D eigenvalue weighted by atomic mass is 32.2. The number of imidazole rings is 1. The minimum Gasteiger partial charge on any atom is -0.450 e. The fraction of sp³-hybridized carbons (Fsp3) is 0.150. The summed E-state index contributed by atoms with van der Waals surface area (Å²) in [7, 11) is 0. The van der Waals surface area contributed by atoms with Crippen molar-refractivity contribution in [2.75, 3.05) is 6.26 Å². The Morgan fingerprint density at radius 2 is 1.78 bits per heavy atom. The van der Waals surface area contributed by atoms with E-state index in [2.05, 4.69) is 4.98 Å². The van der Waals surface area contributed by atoms with E-state index >= 15 is 0 Å². The average Bonchev–Trinajstić information content (AvgIpc) is 3.13. The van der Waals surface area contributed by atoms with Crippen molar-refractivity contribution >= 4 is 23.5 Å². The van der Waals surface area contributed by atoms with Crippen LogP contribution in [0.15, 0.2) is 66.0 Å². The third-order valence-electron chi connectivity index (χ3n) is 3.92. The highest BCUT2D eigenvalue weighted by Crippen LogP contribution is 2.23. The number of carbonyl (C=O) groups is 2. The third-order valence-corrected chi connectivity index (χ3v) is 4.57. The molecule has 0 aliphatic carbocycles. The van der Waals surface area contributed by atoms with Crippen LogP contribution < -0.4 is 0 Å². The summed E-state index contributed by atoms with van der Waals surface area (Å²) >= 11 is 1.34. The van der Waals surface area contributed by atoms with Crippen molar-refractivity contribution in [2.24, 2.45) is 0 Å². The molecule has 2 aromatic carbocycles. The summed E-state index contributed by atoms with van der Waals surface area (Å²) < 4.78 is 20.2. The predicted molar refractivity (Wildman–Crippen MR) is 101 cm³/mol. The molecule has 1 unspecified atom stereocenters. The summed E-state index contributed by atoms with van der Waals surface area (Å²) in [5.41, 5.74) is 1.21. The number of nitrogens with zero attached hydrogens (tertiary/aromatic N) is 2. The fourth-order valence-electron chi connectivity index (χ4n) is 2.57. The van der Waals surface area contributed by atoms with Crippen molar-refractivity contribution in [1.29, 1.82) is 0 Å². The van der Waals surface area contributed by atoms with Crippen molar-refractivity contribution in [3.05, 3.63) is 77.9 Å². The molecule has 7 heteroatoms. The zero-order valence-electron chi connectivity index (χ0n) is 14.8. The lowest BCUT2D eigenvalue weighted by Gasteiger charge is -2.14. The molecule has 1 atom stereocenters. The Hall–Kier alpha value is -2.93. The molecule has 0 amide bonds. The Labute approximate surface area is 160 Å². The Kier molecular flexibility index (Phi) is 5.71.